The zero-order valence-corrected chi connectivity index (χ0v) is 13.7. The number of hydrogen-bond acceptors (Lipinski definition) is 1. The van der Waals surface area contributed by atoms with E-state index in [0.29, 0.717) is 18.2 Å². The molecule has 0 rings (SSSR count). The number of halogens is 1. The molecule has 0 fully saturated rings. The van der Waals surface area contributed by atoms with E-state index in [1.807, 2.05) is 0 Å². The third kappa shape index (κ3) is 7.97. The quantitative estimate of drug-likeness (QED) is 0.693. The highest BCUT2D eigenvalue weighted by atomic mass is 35.5. The molecule has 0 aliphatic carbocycles. The molecule has 0 aromatic carbocycles. The number of nitrogens with one attached hydrogen (secondary N) is 1. The van der Waals surface area contributed by atoms with Crippen molar-refractivity contribution in [3.8, 4) is 0 Å². The van der Waals surface area contributed by atoms with Gasteiger partial charge in [-0.25, -0.2) is 0 Å². The molecule has 0 radical (unpaired) electrons. The van der Waals surface area contributed by atoms with Crippen LogP contribution in [0.2, 0.25) is 0 Å². The maximum atomic E-state index is 11.9. The molecule has 0 spiro atoms. The molecule has 3 heteroatoms. The van der Waals surface area contributed by atoms with E-state index in [1.54, 1.807) is 0 Å². The highest BCUT2D eigenvalue weighted by Crippen LogP contribution is 2.28. The van der Waals surface area contributed by atoms with Crippen LogP contribution in [0.1, 0.15) is 60.8 Å². The molecule has 18 heavy (non-hydrogen) atoms. The second kappa shape index (κ2) is 7.37. The predicted molar refractivity (Wildman–Crippen MR) is 80.0 cm³/mol. The standard InChI is InChI=1S/C15H30ClNO/c1-12(14(2,3)4)10-13(18)17-11-15(5,6)8-7-9-16/h12H,7-11H2,1-6H3,(H,17,18). The Kier molecular flexibility index (Phi) is 7.28. The van der Waals surface area contributed by atoms with E-state index < -0.39 is 0 Å². The lowest BCUT2D eigenvalue weighted by Gasteiger charge is -2.28. The maximum absolute atomic E-state index is 11.9. The summed E-state index contributed by atoms with van der Waals surface area (Å²) in [6, 6.07) is 0. The number of alkyl halides is 1. The molecule has 1 N–H and O–H groups in total. The molecular formula is C15H30ClNO. The number of carbonyl (C=O) groups is 1. The molecule has 0 aromatic heterocycles. The predicted octanol–water partition coefficient (Wildman–Crippen LogP) is 4.22. The van der Waals surface area contributed by atoms with Crippen molar-refractivity contribution in [3.63, 3.8) is 0 Å². The average Bonchev–Trinajstić information content (AvgIpc) is 2.22. The Hall–Kier alpha value is -0.240. The summed E-state index contributed by atoms with van der Waals surface area (Å²) in [5, 5.41) is 3.05. The van der Waals surface area contributed by atoms with Crippen LogP contribution in [0.3, 0.4) is 0 Å². The highest BCUT2D eigenvalue weighted by Gasteiger charge is 2.24. The van der Waals surface area contributed by atoms with Crippen LogP contribution in [0.5, 0.6) is 0 Å². The minimum Gasteiger partial charge on any atom is -0.356 e. The van der Waals surface area contributed by atoms with Gasteiger partial charge in [0.25, 0.3) is 0 Å². The molecule has 1 unspecified atom stereocenters. The molecule has 0 aromatic rings. The number of rotatable bonds is 7. The third-order valence-corrected chi connectivity index (χ3v) is 3.99. The van der Waals surface area contributed by atoms with Gasteiger partial charge in [-0.2, -0.15) is 0 Å². The van der Waals surface area contributed by atoms with Crippen molar-refractivity contribution in [2.24, 2.45) is 16.7 Å². The van der Waals surface area contributed by atoms with Gasteiger partial charge in [-0.05, 0) is 29.6 Å². The van der Waals surface area contributed by atoms with E-state index in [1.165, 1.54) is 0 Å². The van der Waals surface area contributed by atoms with E-state index in [0.717, 1.165) is 19.4 Å². The molecule has 0 saturated heterocycles. The smallest absolute Gasteiger partial charge is 0.220 e. The van der Waals surface area contributed by atoms with Gasteiger partial charge in [-0.1, -0.05) is 41.5 Å². The summed E-state index contributed by atoms with van der Waals surface area (Å²) >= 11 is 5.70. The summed E-state index contributed by atoms with van der Waals surface area (Å²) < 4.78 is 0. The fourth-order valence-electron chi connectivity index (χ4n) is 1.63. The fraction of sp³-hybridized carbons (Fsp3) is 0.933. The molecule has 0 bridgehead atoms. The van der Waals surface area contributed by atoms with Crippen LogP contribution in [0.25, 0.3) is 0 Å². The van der Waals surface area contributed by atoms with Crippen LogP contribution in [-0.2, 0) is 4.79 Å². The van der Waals surface area contributed by atoms with Gasteiger partial charge in [0.2, 0.25) is 5.91 Å². The first kappa shape index (κ1) is 17.8. The van der Waals surface area contributed by atoms with Crippen molar-refractivity contribution in [1.82, 2.24) is 5.32 Å². The molecular weight excluding hydrogens is 246 g/mol. The molecule has 0 heterocycles. The van der Waals surface area contributed by atoms with Crippen molar-refractivity contribution in [3.05, 3.63) is 0 Å². The van der Waals surface area contributed by atoms with Crippen LogP contribution in [0, 0.1) is 16.7 Å². The normalized spacial score (nSPS) is 14.4. The number of hydrogen-bond donors (Lipinski definition) is 1. The molecule has 1 amide bonds. The van der Waals surface area contributed by atoms with Crippen LogP contribution in [0.4, 0.5) is 0 Å². The van der Waals surface area contributed by atoms with E-state index in [-0.39, 0.29) is 16.7 Å². The first-order chi connectivity index (χ1) is 8.08. The van der Waals surface area contributed by atoms with Crippen LogP contribution < -0.4 is 5.32 Å². The van der Waals surface area contributed by atoms with E-state index in [9.17, 15) is 4.79 Å². The van der Waals surface area contributed by atoms with Crippen molar-refractivity contribution < 1.29 is 4.79 Å². The van der Waals surface area contributed by atoms with Crippen LogP contribution >= 0.6 is 11.6 Å². The summed E-state index contributed by atoms with van der Waals surface area (Å²) in [5.41, 5.74) is 0.320. The third-order valence-electron chi connectivity index (χ3n) is 3.72. The summed E-state index contributed by atoms with van der Waals surface area (Å²) in [7, 11) is 0. The van der Waals surface area contributed by atoms with E-state index >= 15 is 0 Å². The van der Waals surface area contributed by atoms with Gasteiger partial charge < -0.3 is 5.32 Å². The monoisotopic (exact) mass is 275 g/mol. The summed E-state index contributed by atoms with van der Waals surface area (Å²) in [6.45, 7) is 13.7. The maximum Gasteiger partial charge on any atom is 0.220 e. The van der Waals surface area contributed by atoms with Gasteiger partial charge in [0.1, 0.15) is 0 Å². The Morgan fingerprint density at radius 3 is 2.22 bits per heavy atom. The topological polar surface area (TPSA) is 29.1 Å². The molecule has 0 saturated carbocycles. The molecule has 108 valence electrons. The Balaban J connectivity index is 4.03. The fourth-order valence-corrected chi connectivity index (χ4v) is 1.76. The lowest BCUT2D eigenvalue weighted by atomic mass is 9.80. The lowest BCUT2D eigenvalue weighted by Crippen LogP contribution is -2.36. The largest absolute Gasteiger partial charge is 0.356 e. The van der Waals surface area contributed by atoms with Gasteiger partial charge in [0.15, 0.2) is 0 Å². The molecule has 1 atom stereocenters. The lowest BCUT2D eigenvalue weighted by molar-refractivity contribution is -0.123. The van der Waals surface area contributed by atoms with Gasteiger partial charge in [0, 0.05) is 18.8 Å². The average molecular weight is 276 g/mol. The minimum atomic E-state index is 0.134. The van der Waals surface area contributed by atoms with Crippen molar-refractivity contribution in [1.29, 1.82) is 0 Å². The summed E-state index contributed by atoms with van der Waals surface area (Å²) in [4.78, 5) is 11.9. The zero-order valence-electron chi connectivity index (χ0n) is 12.9. The Morgan fingerprint density at radius 2 is 1.78 bits per heavy atom. The Morgan fingerprint density at radius 1 is 1.22 bits per heavy atom. The Labute approximate surface area is 118 Å². The van der Waals surface area contributed by atoms with Crippen LogP contribution in [0.15, 0.2) is 0 Å². The van der Waals surface area contributed by atoms with Crippen molar-refractivity contribution >= 4 is 17.5 Å². The van der Waals surface area contributed by atoms with Crippen molar-refractivity contribution in [2.75, 3.05) is 12.4 Å². The molecule has 0 aliphatic rings. The minimum absolute atomic E-state index is 0.134. The first-order valence-electron chi connectivity index (χ1n) is 6.91. The zero-order chi connectivity index (χ0) is 14.4. The van der Waals surface area contributed by atoms with Gasteiger partial charge >= 0.3 is 0 Å². The van der Waals surface area contributed by atoms with E-state index in [4.69, 9.17) is 11.6 Å². The van der Waals surface area contributed by atoms with Gasteiger partial charge in [-0.3, -0.25) is 4.79 Å². The SMILES string of the molecule is CC(CC(=O)NCC(C)(C)CCCCl)C(C)(C)C. The van der Waals surface area contributed by atoms with Gasteiger partial charge in [0.05, 0.1) is 0 Å². The van der Waals surface area contributed by atoms with Crippen molar-refractivity contribution in [2.45, 2.75) is 60.8 Å². The summed E-state index contributed by atoms with van der Waals surface area (Å²) in [6.07, 6.45) is 2.66. The second-order valence-corrected chi connectivity index (χ2v) is 7.58. The number of carbonyl (C=O) groups excluding carboxylic acids is 1. The second-order valence-electron chi connectivity index (χ2n) is 7.20. The number of amides is 1. The first-order valence-corrected chi connectivity index (χ1v) is 7.44. The molecule has 0 aliphatic heterocycles. The van der Waals surface area contributed by atoms with Gasteiger partial charge in [-0.15, -0.1) is 11.6 Å². The van der Waals surface area contributed by atoms with E-state index in [2.05, 4.69) is 46.9 Å². The summed E-state index contributed by atoms with van der Waals surface area (Å²) in [5.74, 6) is 1.25. The highest BCUT2D eigenvalue weighted by molar-refractivity contribution is 6.17. The Bertz CT molecular complexity index is 256. The molecule has 2 nitrogen and oxygen atoms in total. The van der Waals surface area contributed by atoms with Crippen LogP contribution in [-0.4, -0.2) is 18.3 Å².